The Kier molecular flexibility index (Phi) is 3.93. The number of anilines is 1. The number of rotatable bonds is 3. The van der Waals surface area contributed by atoms with Crippen LogP contribution in [-0.4, -0.2) is 5.16 Å². The van der Waals surface area contributed by atoms with E-state index in [1.165, 1.54) is 4.88 Å². The molecular weight excluding hydrogens is 327 g/mol. The smallest absolute Gasteiger partial charge is 0.186 e. The van der Waals surface area contributed by atoms with Crippen LogP contribution in [0.15, 0.2) is 34.9 Å². The molecule has 0 amide bonds. The standard InChI is InChI=1S/C15H12Cl2N2OS/c1-2-9-4-6-12(21-9)14-13(15(18)19-20-14)10-5-3-8(16)7-11(10)17/h3-7H,2H2,1H3,(H2,18,19). The van der Waals surface area contributed by atoms with Gasteiger partial charge in [0.05, 0.1) is 15.5 Å². The van der Waals surface area contributed by atoms with Crippen LogP contribution >= 0.6 is 34.5 Å². The molecule has 6 heteroatoms. The van der Waals surface area contributed by atoms with E-state index >= 15 is 0 Å². The predicted octanol–water partition coefficient (Wildman–Crippen LogP) is 5.52. The van der Waals surface area contributed by atoms with Crippen LogP contribution in [0.5, 0.6) is 0 Å². The monoisotopic (exact) mass is 338 g/mol. The van der Waals surface area contributed by atoms with E-state index < -0.39 is 0 Å². The van der Waals surface area contributed by atoms with Gasteiger partial charge in [0.2, 0.25) is 0 Å². The SMILES string of the molecule is CCc1ccc(-c2onc(N)c2-c2ccc(Cl)cc2Cl)s1. The molecule has 0 fully saturated rings. The second kappa shape index (κ2) is 5.72. The molecule has 0 radical (unpaired) electrons. The first-order chi connectivity index (χ1) is 10.1. The molecule has 0 spiro atoms. The molecule has 3 rings (SSSR count). The Labute approximate surface area is 136 Å². The summed E-state index contributed by atoms with van der Waals surface area (Å²) in [5, 5.41) is 4.98. The van der Waals surface area contributed by atoms with Crippen LogP contribution in [0.1, 0.15) is 11.8 Å². The molecule has 2 heterocycles. The summed E-state index contributed by atoms with van der Waals surface area (Å²) >= 11 is 13.9. The van der Waals surface area contributed by atoms with E-state index in [4.69, 9.17) is 33.5 Å². The van der Waals surface area contributed by atoms with Crippen molar-refractivity contribution in [2.75, 3.05) is 5.73 Å². The molecule has 0 saturated heterocycles. The van der Waals surface area contributed by atoms with Crippen molar-refractivity contribution in [1.29, 1.82) is 0 Å². The molecule has 0 saturated carbocycles. The second-order valence-corrected chi connectivity index (χ2v) is 6.53. The molecule has 0 atom stereocenters. The van der Waals surface area contributed by atoms with Gasteiger partial charge >= 0.3 is 0 Å². The van der Waals surface area contributed by atoms with Gasteiger partial charge in [-0.1, -0.05) is 41.3 Å². The van der Waals surface area contributed by atoms with Crippen molar-refractivity contribution in [3.8, 4) is 21.8 Å². The van der Waals surface area contributed by atoms with Gasteiger partial charge in [0.25, 0.3) is 0 Å². The quantitative estimate of drug-likeness (QED) is 0.683. The minimum absolute atomic E-state index is 0.320. The summed E-state index contributed by atoms with van der Waals surface area (Å²) in [6.07, 6.45) is 0.978. The Balaban J connectivity index is 2.17. The summed E-state index contributed by atoms with van der Waals surface area (Å²) in [5.41, 5.74) is 7.44. The molecule has 2 N–H and O–H groups in total. The van der Waals surface area contributed by atoms with Gasteiger partial charge in [-0.25, -0.2) is 0 Å². The Bertz CT molecular complexity index is 795. The topological polar surface area (TPSA) is 52.0 Å². The number of thiophene rings is 1. The Hall–Kier alpha value is -1.49. The number of halogens is 2. The fraction of sp³-hybridized carbons (Fsp3) is 0.133. The number of aromatic nitrogens is 1. The highest BCUT2D eigenvalue weighted by Crippen LogP contribution is 2.42. The molecule has 2 aromatic heterocycles. The van der Waals surface area contributed by atoms with Crippen molar-refractivity contribution in [2.24, 2.45) is 0 Å². The maximum Gasteiger partial charge on any atom is 0.186 e. The van der Waals surface area contributed by atoms with Crippen LogP contribution in [-0.2, 0) is 6.42 Å². The third kappa shape index (κ3) is 2.67. The highest BCUT2D eigenvalue weighted by Gasteiger charge is 2.21. The first-order valence-corrected chi connectivity index (χ1v) is 7.97. The zero-order valence-corrected chi connectivity index (χ0v) is 13.5. The minimum atomic E-state index is 0.320. The van der Waals surface area contributed by atoms with Crippen molar-refractivity contribution in [3.05, 3.63) is 45.3 Å². The van der Waals surface area contributed by atoms with Crippen molar-refractivity contribution >= 4 is 40.4 Å². The Morgan fingerprint density at radius 2 is 2.05 bits per heavy atom. The number of nitrogens with two attached hydrogens (primary N) is 1. The fourth-order valence-corrected chi connectivity index (χ4v) is 3.55. The lowest BCUT2D eigenvalue weighted by Crippen LogP contribution is -1.89. The van der Waals surface area contributed by atoms with Gasteiger partial charge in [0, 0.05) is 15.5 Å². The van der Waals surface area contributed by atoms with E-state index in [2.05, 4.69) is 18.1 Å². The van der Waals surface area contributed by atoms with E-state index in [0.717, 1.165) is 16.9 Å². The molecule has 3 nitrogen and oxygen atoms in total. The number of hydrogen-bond acceptors (Lipinski definition) is 4. The van der Waals surface area contributed by atoms with E-state index in [0.29, 0.717) is 27.2 Å². The maximum absolute atomic E-state index is 6.28. The highest BCUT2D eigenvalue weighted by atomic mass is 35.5. The lowest BCUT2D eigenvalue weighted by Gasteiger charge is -2.04. The molecular formula is C15H12Cl2N2OS. The first-order valence-electron chi connectivity index (χ1n) is 6.39. The van der Waals surface area contributed by atoms with E-state index in [1.54, 1.807) is 23.5 Å². The number of aryl methyl sites for hydroxylation is 1. The molecule has 108 valence electrons. The maximum atomic E-state index is 6.28. The number of benzene rings is 1. The summed E-state index contributed by atoms with van der Waals surface area (Å²) in [4.78, 5) is 2.25. The average Bonchev–Trinajstić information content (AvgIpc) is 3.06. The zero-order chi connectivity index (χ0) is 15.0. The number of hydrogen-bond donors (Lipinski definition) is 1. The van der Waals surface area contributed by atoms with Gasteiger partial charge in [-0.2, -0.15) is 0 Å². The second-order valence-electron chi connectivity index (χ2n) is 4.52. The summed E-state index contributed by atoms with van der Waals surface area (Å²) in [6, 6.07) is 9.36. The molecule has 3 aromatic rings. The molecule has 0 aliphatic carbocycles. The average molecular weight is 339 g/mol. The molecule has 21 heavy (non-hydrogen) atoms. The van der Waals surface area contributed by atoms with Gasteiger partial charge in [0.1, 0.15) is 0 Å². The van der Waals surface area contributed by atoms with Crippen LogP contribution < -0.4 is 5.73 Å². The summed E-state index contributed by atoms with van der Waals surface area (Å²) < 4.78 is 5.42. The summed E-state index contributed by atoms with van der Waals surface area (Å²) in [7, 11) is 0. The van der Waals surface area contributed by atoms with Gasteiger partial charge in [-0.05, 0) is 30.7 Å². The molecule has 0 unspecified atom stereocenters. The lowest BCUT2D eigenvalue weighted by atomic mass is 10.1. The summed E-state index contributed by atoms with van der Waals surface area (Å²) in [6.45, 7) is 2.11. The van der Waals surface area contributed by atoms with Crippen LogP contribution in [0.3, 0.4) is 0 Å². The largest absolute Gasteiger partial charge is 0.380 e. The van der Waals surface area contributed by atoms with E-state index in [1.807, 2.05) is 12.1 Å². The zero-order valence-electron chi connectivity index (χ0n) is 11.2. The molecule has 0 aliphatic heterocycles. The predicted molar refractivity (Wildman–Crippen MR) is 89.1 cm³/mol. The van der Waals surface area contributed by atoms with Gasteiger partial charge in [0.15, 0.2) is 11.6 Å². The van der Waals surface area contributed by atoms with Gasteiger partial charge < -0.3 is 10.3 Å². The van der Waals surface area contributed by atoms with Crippen molar-refractivity contribution in [3.63, 3.8) is 0 Å². The third-order valence-electron chi connectivity index (χ3n) is 3.15. The summed E-state index contributed by atoms with van der Waals surface area (Å²) in [5.74, 6) is 0.960. The third-order valence-corrected chi connectivity index (χ3v) is 4.93. The van der Waals surface area contributed by atoms with Crippen LogP contribution in [0, 0.1) is 0 Å². The van der Waals surface area contributed by atoms with Crippen molar-refractivity contribution < 1.29 is 4.52 Å². The minimum Gasteiger partial charge on any atom is -0.380 e. The fourth-order valence-electron chi connectivity index (χ4n) is 2.11. The van der Waals surface area contributed by atoms with Gasteiger partial charge in [-0.15, -0.1) is 11.3 Å². The van der Waals surface area contributed by atoms with Crippen molar-refractivity contribution in [2.45, 2.75) is 13.3 Å². The van der Waals surface area contributed by atoms with E-state index in [9.17, 15) is 0 Å². The van der Waals surface area contributed by atoms with Crippen molar-refractivity contribution in [1.82, 2.24) is 5.16 Å². The molecule has 0 bridgehead atoms. The van der Waals surface area contributed by atoms with Crippen LogP contribution in [0.4, 0.5) is 5.82 Å². The Morgan fingerprint density at radius 1 is 1.24 bits per heavy atom. The molecule has 1 aromatic carbocycles. The number of nitrogens with zero attached hydrogens (tertiary/aromatic N) is 1. The Morgan fingerprint density at radius 3 is 2.71 bits per heavy atom. The highest BCUT2D eigenvalue weighted by molar-refractivity contribution is 7.15. The molecule has 0 aliphatic rings. The number of nitrogen functional groups attached to an aromatic ring is 1. The van der Waals surface area contributed by atoms with Gasteiger partial charge in [-0.3, -0.25) is 0 Å². The lowest BCUT2D eigenvalue weighted by molar-refractivity contribution is 0.437. The van der Waals surface area contributed by atoms with Crippen LogP contribution in [0.2, 0.25) is 10.0 Å². The normalized spacial score (nSPS) is 11.0. The first kappa shape index (κ1) is 14.4. The van der Waals surface area contributed by atoms with E-state index in [-0.39, 0.29) is 0 Å². The van der Waals surface area contributed by atoms with Crippen LogP contribution in [0.25, 0.3) is 21.8 Å².